The smallest absolute Gasteiger partial charge is 0.407 e. The van der Waals surface area contributed by atoms with E-state index < -0.39 is 12.0 Å². The molecule has 0 aliphatic rings. The number of amides is 2. The van der Waals surface area contributed by atoms with Crippen LogP contribution in [0.5, 0.6) is 0 Å². The van der Waals surface area contributed by atoms with Crippen molar-refractivity contribution in [3.63, 3.8) is 0 Å². The predicted molar refractivity (Wildman–Crippen MR) is 144 cm³/mol. The molecule has 0 bridgehead atoms. The fraction of sp³-hybridized carbons (Fsp3) is 0.192. The lowest BCUT2D eigenvalue weighted by atomic mass is 10.2. The summed E-state index contributed by atoms with van der Waals surface area (Å²) in [6.07, 6.45) is 7.27. The Morgan fingerprint density at radius 2 is 1.97 bits per heavy atom. The maximum absolute atomic E-state index is 12.2. The number of nitrogens with one attached hydrogen (secondary N) is 2. The van der Waals surface area contributed by atoms with E-state index in [4.69, 9.17) is 15.5 Å². The first-order chi connectivity index (χ1) is 18.4. The van der Waals surface area contributed by atoms with E-state index in [-0.39, 0.29) is 6.61 Å². The van der Waals surface area contributed by atoms with Gasteiger partial charge in [0.15, 0.2) is 11.5 Å². The molecule has 0 fully saturated rings. The number of nitrogens with two attached hydrogens (primary N) is 1. The number of primary amides is 1. The zero-order valence-corrected chi connectivity index (χ0v) is 21.7. The Morgan fingerprint density at radius 1 is 1.16 bits per heavy atom. The molecular formula is C26H26N8O3S. The van der Waals surface area contributed by atoms with Gasteiger partial charge in [-0.1, -0.05) is 30.3 Å². The molecule has 11 nitrogen and oxygen atoms in total. The van der Waals surface area contributed by atoms with Crippen LogP contribution in [0.2, 0.25) is 0 Å². The number of thiophene rings is 1. The second-order valence-electron chi connectivity index (χ2n) is 8.67. The lowest BCUT2D eigenvalue weighted by Crippen LogP contribution is -2.26. The van der Waals surface area contributed by atoms with E-state index in [0.717, 1.165) is 33.1 Å². The summed E-state index contributed by atoms with van der Waals surface area (Å²) in [5, 5.41) is 11.1. The zero-order chi connectivity index (χ0) is 26.6. The fourth-order valence-corrected chi connectivity index (χ4v) is 4.91. The summed E-state index contributed by atoms with van der Waals surface area (Å²) in [5.41, 5.74) is 10.3. The predicted octanol–water partition coefficient (Wildman–Crippen LogP) is 3.81. The van der Waals surface area contributed by atoms with Gasteiger partial charge in [-0.2, -0.15) is 5.10 Å². The van der Waals surface area contributed by atoms with E-state index in [2.05, 4.69) is 20.7 Å². The summed E-state index contributed by atoms with van der Waals surface area (Å²) in [7, 11) is 1.85. The Bertz CT molecular complexity index is 1610. The largest absolute Gasteiger partial charge is 0.445 e. The Morgan fingerprint density at radius 3 is 2.68 bits per heavy atom. The number of alkyl carbamates (subject to hydrolysis) is 1. The molecule has 4 N–H and O–H groups in total. The number of nitrogens with zero attached hydrogens (tertiary/aromatic N) is 5. The van der Waals surface area contributed by atoms with Gasteiger partial charge in [-0.15, -0.1) is 11.3 Å². The molecule has 38 heavy (non-hydrogen) atoms. The second-order valence-corrected chi connectivity index (χ2v) is 9.72. The lowest BCUT2D eigenvalue weighted by Gasteiger charge is -2.11. The van der Waals surface area contributed by atoms with Crippen molar-refractivity contribution in [2.45, 2.75) is 20.0 Å². The van der Waals surface area contributed by atoms with Gasteiger partial charge in [0.05, 0.1) is 33.7 Å². The highest BCUT2D eigenvalue weighted by atomic mass is 32.1. The van der Waals surface area contributed by atoms with Crippen LogP contribution >= 0.6 is 11.3 Å². The topological polar surface area (TPSA) is 141 Å². The minimum atomic E-state index is -0.500. The van der Waals surface area contributed by atoms with Crippen LogP contribution in [0.4, 0.5) is 15.6 Å². The lowest BCUT2D eigenvalue weighted by molar-refractivity contribution is 0.100. The van der Waals surface area contributed by atoms with Crippen molar-refractivity contribution in [1.29, 1.82) is 0 Å². The van der Waals surface area contributed by atoms with Gasteiger partial charge in [-0.05, 0) is 24.1 Å². The number of benzene rings is 1. The van der Waals surface area contributed by atoms with Crippen LogP contribution in [-0.4, -0.2) is 42.7 Å². The van der Waals surface area contributed by atoms with Crippen molar-refractivity contribution in [3.8, 4) is 11.3 Å². The summed E-state index contributed by atoms with van der Waals surface area (Å²) in [5.74, 6) is 0.0406. The normalized spacial score (nSPS) is 11.0. The number of ether oxygens (including phenoxy) is 1. The molecular weight excluding hydrogens is 504 g/mol. The van der Waals surface area contributed by atoms with Crippen LogP contribution < -0.4 is 16.4 Å². The molecule has 0 atom stereocenters. The van der Waals surface area contributed by atoms with E-state index in [1.165, 1.54) is 11.3 Å². The van der Waals surface area contributed by atoms with Crippen LogP contribution in [0.25, 0.3) is 16.9 Å². The molecule has 12 heteroatoms. The Labute approximate surface area is 222 Å². The summed E-state index contributed by atoms with van der Waals surface area (Å²) < 4.78 is 8.95. The first kappa shape index (κ1) is 25.0. The van der Waals surface area contributed by atoms with Crippen molar-refractivity contribution in [2.75, 3.05) is 11.9 Å². The van der Waals surface area contributed by atoms with Gasteiger partial charge >= 0.3 is 6.09 Å². The first-order valence-corrected chi connectivity index (χ1v) is 12.7. The monoisotopic (exact) mass is 530 g/mol. The molecule has 0 aliphatic heterocycles. The van der Waals surface area contributed by atoms with Crippen molar-refractivity contribution in [2.24, 2.45) is 12.8 Å². The van der Waals surface area contributed by atoms with Crippen LogP contribution in [-0.2, 0) is 24.8 Å². The van der Waals surface area contributed by atoms with E-state index in [0.29, 0.717) is 29.3 Å². The molecule has 4 heterocycles. The molecule has 0 unspecified atom stereocenters. The Hall–Kier alpha value is -4.71. The molecule has 0 saturated heterocycles. The van der Waals surface area contributed by atoms with Crippen LogP contribution in [0.1, 0.15) is 26.5 Å². The fourth-order valence-electron chi connectivity index (χ4n) is 3.98. The molecule has 0 saturated carbocycles. The summed E-state index contributed by atoms with van der Waals surface area (Å²) in [4.78, 5) is 33.8. The van der Waals surface area contributed by atoms with Crippen molar-refractivity contribution in [1.82, 2.24) is 29.5 Å². The average Bonchev–Trinajstić information content (AvgIpc) is 3.61. The third-order valence-electron chi connectivity index (χ3n) is 5.79. The quantitative estimate of drug-likeness (QED) is 0.263. The molecule has 194 valence electrons. The van der Waals surface area contributed by atoms with Crippen molar-refractivity contribution < 1.29 is 14.3 Å². The molecule has 1 aromatic carbocycles. The number of hydrogen-bond donors (Lipinski definition) is 3. The summed E-state index contributed by atoms with van der Waals surface area (Å²) in [6.45, 7) is 2.36. The van der Waals surface area contributed by atoms with Crippen molar-refractivity contribution in [3.05, 3.63) is 82.9 Å². The van der Waals surface area contributed by atoms with Crippen LogP contribution in [0.3, 0.4) is 0 Å². The molecule has 0 radical (unpaired) electrons. The van der Waals surface area contributed by atoms with E-state index >= 15 is 0 Å². The SMILES string of the molecule is Cc1cc(Nc2nc(CCNC(=O)OCc3ccccc3)cn3c(-c4cnn(C)c4)cnc23)sc1C(N)=O. The molecule has 4 aromatic heterocycles. The van der Waals surface area contributed by atoms with E-state index in [1.807, 2.05) is 67.2 Å². The minimum Gasteiger partial charge on any atom is -0.445 e. The zero-order valence-electron chi connectivity index (χ0n) is 20.8. The van der Waals surface area contributed by atoms with Gasteiger partial charge in [-0.25, -0.2) is 14.8 Å². The average molecular weight is 531 g/mol. The molecule has 2 amide bonds. The number of aromatic nitrogens is 5. The maximum Gasteiger partial charge on any atom is 0.407 e. The molecule has 0 spiro atoms. The standard InChI is InChI=1S/C26H26N8O3S/c1-16-10-21(38-22(16)23(27)35)32-24-25-29-12-20(18-11-30-33(2)13-18)34(25)14-19(31-24)8-9-28-26(36)37-15-17-6-4-3-5-7-17/h3-7,10-14H,8-9,15H2,1-2H3,(H2,27,35)(H,28,36)(H,31,32). The van der Waals surface area contributed by atoms with Gasteiger partial charge < -0.3 is 21.1 Å². The molecule has 5 rings (SSSR count). The van der Waals surface area contributed by atoms with Gasteiger partial charge in [0, 0.05) is 38.0 Å². The third kappa shape index (κ3) is 5.49. The number of carbonyl (C=O) groups excluding carboxylic acids is 2. The minimum absolute atomic E-state index is 0.196. The summed E-state index contributed by atoms with van der Waals surface area (Å²) >= 11 is 1.26. The van der Waals surface area contributed by atoms with Crippen LogP contribution in [0, 0.1) is 6.92 Å². The number of rotatable bonds is 9. The van der Waals surface area contributed by atoms with Crippen LogP contribution in [0.15, 0.2) is 61.2 Å². The number of anilines is 2. The van der Waals surface area contributed by atoms with Gasteiger partial charge in [0.1, 0.15) is 6.61 Å². The van der Waals surface area contributed by atoms with Gasteiger partial charge in [-0.3, -0.25) is 13.9 Å². The Kier molecular flexibility index (Phi) is 7.05. The highest BCUT2D eigenvalue weighted by Crippen LogP contribution is 2.31. The first-order valence-electron chi connectivity index (χ1n) is 11.8. The highest BCUT2D eigenvalue weighted by molar-refractivity contribution is 7.18. The van der Waals surface area contributed by atoms with E-state index in [9.17, 15) is 9.59 Å². The highest BCUT2D eigenvalue weighted by Gasteiger charge is 2.17. The maximum atomic E-state index is 12.2. The molecule has 0 aliphatic carbocycles. The van der Waals surface area contributed by atoms with Crippen molar-refractivity contribution >= 4 is 39.8 Å². The number of imidazole rings is 1. The number of aryl methyl sites for hydroxylation is 2. The Balaban J connectivity index is 1.37. The molecule has 5 aromatic rings. The van der Waals surface area contributed by atoms with Gasteiger partial charge in [0.25, 0.3) is 5.91 Å². The number of hydrogen-bond acceptors (Lipinski definition) is 8. The number of fused-ring (bicyclic) bond motifs is 1. The second kappa shape index (κ2) is 10.7. The third-order valence-corrected chi connectivity index (χ3v) is 6.96. The van der Waals surface area contributed by atoms with Gasteiger partial charge in [0.2, 0.25) is 0 Å². The van der Waals surface area contributed by atoms with E-state index in [1.54, 1.807) is 17.1 Å². The number of carbonyl (C=O) groups is 2. The summed E-state index contributed by atoms with van der Waals surface area (Å²) in [6, 6.07) is 11.3.